The van der Waals surface area contributed by atoms with Gasteiger partial charge in [0, 0.05) is 31.5 Å². The summed E-state index contributed by atoms with van der Waals surface area (Å²) < 4.78 is 7.79. The lowest BCUT2D eigenvalue weighted by atomic mass is 10.0. The monoisotopic (exact) mass is 355 g/mol. The largest absolute Gasteiger partial charge is 0.373 e. The van der Waals surface area contributed by atoms with Crippen molar-refractivity contribution in [2.75, 3.05) is 19.7 Å². The number of nitrogens with one attached hydrogen (secondary N) is 2. The Morgan fingerprint density at radius 1 is 1.27 bits per heavy atom. The molecular formula is C20H29N5O. The second-order valence-corrected chi connectivity index (χ2v) is 6.98. The molecule has 2 N–H and O–H groups in total. The molecule has 2 aromatic rings. The Balaban J connectivity index is 1.55. The molecule has 1 aliphatic rings. The molecule has 1 atom stereocenters. The van der Waals surface area contributed by atoms with Gasteiger partial charge in [0.25, 0.3) is 0 Å². The Morgan fingerprint density at radius 2 is 2.12 bits per heavy atom. The fraction of sp³-hybridized carbons (Fsp3) is 0.500. The predicted octanol–water partition coefficient (Wildman–Crippen LogP) is 2.56. The highest BCUT2D eigenvalue weighted by Gasteiger charge is 2.29. The lowest BCUT2D eigenvalue weighted by molar-refractivity contribution is 0.0243. The van der Waals surface area contributed by atoms with Gasteiger partial charge in [-0.05, 0) is 32.3 Å². The number of ether oxygens (including phenoxy) is 1. The van der Waals surface area contributed by atoms with Gasteiger partial charge in [0.15, 0.2) is 5.96 Å². The van der Waals surface area contributed by atoms with Crippen molar-refractivity contribution >= 4 is 5.96 Å². The maximum absolute atomic E-state index is 5.83. The van der Waals surface area contributed by atoms with E-state index >= 15 is 0 Å². The predicted molar refractivity (Wildman–Crippen MR) is 104 cm³/mol. The molecule has 6 nitrogen and oxygen atoms in total. The molecule has 0 saturated carbocycles. The summed E-state index contributed by atoms with van der Waals surface area (Å²) in [7, 11) is 0. The molecule has 1 fully saturated rings. The normalized spacial score (nSPS) is 20.3. The van der Waals surface area contributed by atoms with Gasteiger partial charge in [0.2, 0.25) is 0 Å². The fourth-order valence-electron chi connectivity index (χ4n) is 3.10. The van der Waals surface area contributed by atoms with Crippen molar-refractivity contribution < 1.29 is 4.74 Å². The fourth-order valence-corrected chi connectivity index (χ4v) is 3.10. The lowest BCUT2D eigenvalue weighted by Gasteiger charge is -2.24. The van der Waals surface area contributed by atoms with E-state index in [1.54, 1.807) is 0 Å². The number of nitrogens with zero attached hydrogens (tertiary/aromatic N) is 3. The summed E-state index contributed by atoms with van der Waals surface area (Å²) in [6.07, 6.45) is 6.16. The van der Waals surface area contributed by atoms with Crippen LogP contribution in [0.1, 0.15) is 37.8 Å². The molecule has 1 aromatic heterocycles. The van der Waals surface area contributed by atoms with E-state index in [1.807, 2.05) is 29.1 Å². The summed E-state index contributed by atoms with van der Waals surface area (Å²) in [6.45, 7) is 8.06. The zero-order chi connectivity index (χ0) is 18.2. The Kier molecular flexibility index (Phi) is 6.28. The molecule has 3 rings (SSSR count). The first-order chi connectivity index (χ1) is 12.7. The van der Waals surface area contributed by atoms with E-state index in [0.717, 1.165) is 50.6 Å². The average Bonchev–Trinajstić information content (AvgIpc) is 3.28. The van der Waals surface area contributed by atoms with Crippen LogP contribution in [0.5, 0.6) is 0 Å². The van der Waals surface area contributed by atoms with E-state index in [1.165, 1.54) is 5.56 Å². The maximum atomic E-state index is 5.83. The number of hydrogen-bond acceptors (Lipinski definition) is 3. The average molecular weight is 355 g/mol. The van der Waals surface area contributed by atoms with Gasteiger partial charge in [0.05, 0.1) is 24.9 Å². The van der Waals surface area contributed by atoms with Crippen LogP contribution in [0, 0.1) is 0 Å². The van der Waals surface area contributed by atoms with Crippen molar-refractivity contribution in [1.29, 1.82) is 0 Å². The van der Waals surface area contributed by atoms with Gasteiger partial charge in [-0.25, -0.2) is 4.99 Å². The van der Waals surface area contributed by atoms with E-state index < -0.39 is 0 Å². The van der Waals surface area contributed by atoms with Gasteiger partial charge < -0.3 is 15.4 Å². The Labute approximate surface area is 155 Å². The second-order valence-electron chi connectivity index (χ2n) is 6.98. The third-order valence-electron chi connectivity index (χ3n) is 4.57. The minimum Gasteiger partial charge on any atom is -0.373 e. The minimum absolute atomic E-state index is 0.0865. The number of guanidine groups is 1. The molecule has 6 heteroatoms. The second kappa shape index (κ2) is 8.85. The number of hydrogen-bond donors (Lipinski definition) is 2. The smallest absolute Gasteiger partial charge is 0.191 e. The van der Waals surface area contributed by atoms with Crippen LogP contribution >= 0.6 is 0 Å². The molecule has 140 valence electrons. The van der Waals surface area contributed by atoms with Crippen LogP contribution in [-0.4, -0.2) is 41.0 Å². The van der Waals surface area contributed by atoms with Crippen LogP contribution in [0.4, 0.5) is 0 Å². The standard InChI is InChI=1S/C20H29N5O/c1-3-21-19(23-16-20(2)10-7-11-26-20)22-12-18-13-24-25(15-18)14-17-8-5-4-6-9-17/h4-6,8-9,13,15H,3,7,10-12,14,16H2,1-2H3,(H2,21,22,23). The molecule has 1 aromatic carbocycles. The third-order valence-corrected chi connectivity index (χ3v) is 4.57. The quantitative estimate of drug-likeness (QED) is 0.592. The first-order valence-electron chi connectivity index (χ1n) is 9.38. The van der Waals surface area contributed by atoms with Crippen LogP contribution in [0.25, 0.3) is 0 Å². The number of aliphatic imine (C=N–C) groups is 1. The SMILES string of the molecule is CCNC(=NCc1cnn(Cc2ccccc2)c1)NCC1(C)CCCO1. The van der Waals surface area contributed by atoms with Gasteiger partial charge >= 0.3 is 0 Å². The molecule has 0 bridgehead atoms. The molecule has 1 aliphatic heterocycles. The summed E-state index contributed by atoms with van der Waals surface area (Å²) in [6, 6.07) is 10.3. The highest BCUT2D eigenvalue weighted by molar-refractivity contribution is 5.79. The summed E-state index contributed by atoms with van der Waals surface area (Å²) in [5.41, 5.74) is 2.25. The van der Waals surface area contributed by atoms with E-state index in [0.29, 0.717) is 6.54 Å². The summed E-state index contributed by atoms with van der Waals surface area (Å²) in [5, 5.41) is 11.1. The van der Waals surface area contributed by atoms with E-state index in [4.69, 9.17) is 4.74 Å². The molecule has 0 spiro atoms. The molecule has 0 amide bonds. The maximum Gasteiger partial charge on any atom is 0.191 e. The van der Waals surface area contributed by atoms with Gasteiger partial charge in [-0.1, -0.05) is 30.3 Å². The number of benzene rings is 1. The summed E-state index contributed by atoms with van der Waals surface area (Å²) in [4.78, 5) is 4.68. The minimum atomic E-state index is -0.0865. The third kappa shape index (κ3) is 5.33. The van der Waals surface area contributed by atoms with Crippen molar-refractivity contribution in [3.63, 3.8) is 0 Å². The summed E-state index contributed by atoms with van der Waals surface area (Å²) >= 11 is 0. The van der Waals surface area contributed by atoms with Crippen LogP contribution in [0.3, 0.4) is 0 Å². The Hall–Kier alpha value is -2.34. The molecule has 2 heterocycles. The molecule has 1 saturated heterocycles. The van der Waals surface area contributed by atoms with Gasteiger partial charge in [-0.3, -0.25) is 4.68 Å². The number of rotatable bonds is 7. The van der Waals surface area contributed by atoms with Gasteiger partial charge in [-0.15, -0.1) is 0 Å². The van der Waals surface area contributed by atoms with Gasteiger partial charge in [-0.2, -0.15) is 5.10 Å². The lowest BCUT2D eigenvalue weighted by Crippen LogP contribution is -2.45. The Morgan fingerprint density at radius 3 is 2.85 bits per heavy atom. The Bertz CT molecular complexity index is 704. The van der Waals surface area contributed by atoms with Crippen molar-refractivity contribution in [1.82, 2.24) is 20.4 Å². The van der Waals surface area contributed by atoms with E-state index in [2.05, 4.69) is 52.9 Å². The zero-order valence-corrected chi connectivity index (χ0v) is 15.7. The topological polar surface area (TPSA) is 63.5 Å². The van der Waals surface area contributed by atoms with Crippen molar-refractivity contribution in [2.24, 2.45) is 4.99 Å². The van der Waals surface area contributed by atoms with Crippen molar-refractivity contribution in [3.8, 4) is 0 Å². The van der Waals surface area contributed by atoms with Crippen LogP contribution in [-0.2, 0) is 17.8 Å². The zero-order valence-electron chi connectivity index (χ0n) is 15.7. The van der Waals surface area contributed by atoms with E-state index in [-0.39, 0.29) is 5.60 Å². The molecule has 0 radical (unpaired) electrons. The van der Waals surface area contributed by atoms with Crippen LogP contribution in [0.2, 0.25) is 0 Å². The summed E-state index contributed by atoms with van der Waals surface area (Å²) in [5.74, 6) is 0.819. The van der Waals surface area contributed by atoms with E-state index in [9.17, 15) is 0 Å². The highest BCUT2D eigenvalue weighted by atomic mass is 16.5. The van der Waals surface area contributed by atoms with Gasteiger partial charge in [0.1, 0.15) is 0 Å². The molecular weight excluding hydrogens is 326 g/mol. The first-order valence-corrected chi connectivity index (χ1v) is 9.38. The molecule has 1 unspecified atom stereocenters. The molecule has 26 heavy (non-hydrogen) atoms. The van der Waals surface area contributed by atoms with Crippen molar-refractivity contribution in [3.05, 3.63) is 53.9 Å². The highest BCUT2D eigenvalue weighted by Crippen LogP contribution is 2.23. The molecule has 0 aliphatic carbocycles. The number of aromatic nitrogens is 2. The van der Waals surface area contributed by atoms with Crippen LogP contribution < -0.4 is 10.6 Å². The van der Waals surface area contributed by atoms with Crippen molar-refractivity contribution in [2.45, 2.75) is 45.4 Å². The van der Waals surface area contributed by atoms with Crippen LogP contribution in [0.15, 0.2) is 47.7 Å². The first kappa shape index (κ1) is 18.5.